The van der Waals surface area contributed by atoms with Gasteiger partial charge in [-0.15, -0.1) is 0 Å². The zero-order valence-corrected chi connectivity index (χ0v) is 39.3. The number of para-hydroxylation sites is 7. The molecule has 0 saturated carbocycles. The third-order valence-corrected chi connectivity index (χ3v) is 19.8. The van der Waals surface area contributed by atoms with Crippen LogP contribution in [0.5, 0.6) is 11.5 Å². The molecule has 0 N–H and O–H groups in total. The van der Waals surface area contributed by atoms with Crippen molar-refractivity contribution >= 4 is 94.5 Å². The summed E-state index contributed by atoms with van der Waals surface area (Å²) in [5, 5.41) is 11.9. The van der Waals surface area contributed by atoms with E-state index in [1.807, 2.05) is 6.07 Å². The lowest BCUT2D eigenvalue weighted by Crippen LogP contribution is -2.76. The summed E-state index contributed by atoms with van der Waals surface area (Å²) in [5.74, 6) is 1.73. The largest absolute Gasteiger partial charge is 0.458 e. The minimum atomic E-state index is -3.13. The van der Waals surface area contributed by atoms with Crippen molar-refractivity contribution in [1.82, 2.24) is 4.57 Å². The van der Waals surface area contributed by atoms with Gasteiger partial charge in [-0.2, -0.15) is 0 Å². The van der Waals surface area contributed by atoms with Crippen molar-refractivity contribution in [2.75, 3.05) is 0 Å². The summed E-state index contributed by atoms with van der Waals surface area (Å²) >= 11 is 0. The molecule has 0 radical (unpaired) electrons. The van der Waals surface area contributed by atoms with E-state index in [-0.39, 0.29) is 0 Å². The Bertz CT molecular complexity index is 4380. The lowest BCUT2D eigenvalue weighted by molar-refractivity contribution is 0.487. The van der Waals surface area contributed by atoms with E-state index in [4.69, 9.17) is 13.6 Å². The van der Waals surface area contributed by atoms with Crippen LogP contribution < -0.4 is 25.5 Å². The van der Waals surface area contributed by atoms with Crippen LogP contribution in [0.3, 0.4) is 0 Å². The van der Waals surface area contributed by atoms with Crippen LogP contribution in [0.15, 0.2) is 258 Å². The molecule has 332 valence electrons. The molecule has 0 aliphatic carbocycles. The Morgan fingerprint density at radius 1 is 0.310 bits per heavy atom. The highest BCUT2D eigenvalue weighted by Gasteiger charge is 2.48. The van der Waals surface area contributed by atoms with E-state index in [1.165, 1.54) is 42.6 Å². The minimum absolute atomic E-state index is 0.855. The SMILES string of the molecule is c1ccc(-c2cccc3c2oc2c(-c4ccc5c(c4)Oc4ccccc4[Si]5(c4ccc(-c5cccc6c5oc5ccccc56)cc4)c4ccc(-n5c6ccccc6c6ccccc65)cc4)cccc23)cc1. The molecule has 1 atom stereocenters. The highest BCUT2D eigenvalue weighted by atomic mass is 28.3. The number of fused-ring (bicyclic) bond motifs is 11. The first-order valence-electron chi connectivity index (χ1n) is 24.2. The van der Waals surface area contributed by atoms with Crippen molar-refractivity contribution in [1.29, 1.82) is 0 Å². The van der Waals surface area contributed by atoms with Crippen molar-refractivity contribution in [2.24, 2.45) is 0 Å². The van der Waals surface area contributed by atoms with Crippen LogP contribution in [-0.2, 0) is 0 Å². The third-order valence-electron chi connectivity index (χ3n) is 15.0. The Morgan fingerprint density at radius 3 is 1.46 bits per heavy atom. The van der Waals surface area contributed by atoms with Gasteiger partial charge in [0.15, 0.2) is 8.07 Å². The number of furan rings is 2. The van der Waals surface area contributed by atoms with Gasteiger partial charge < -0.3 is 18.1 Å². The number of hydrogen-bond donors (Lipinski definition) is 0. The lowest BCUT2D eigenvalue weighted by Gasteiger charge is -2.40. The Labute approximate surface area is 409 Å². The van der Waals surface area contributed by atoms with Crippen molar-refractivity contribution in [3.8, 4) is 50.6 Å². The van der Waals surface area contributed by atoms with Crippen LogP contribution in [0.1, 0.15) is 0 Å². The predicted molar refractivity (Wildman–Crippen MR) is 295 cm³/mol. The van der Waals surface area contributed by atoms with Crippen molar-refractivity contribution < 1.29 is 13.6 Å². The van der Waals surface area contributed by atoms with E-state index in [9.17, 15) is 0 Å². The van der Waals surface area contributed by atoms with E-state index in [1.54, 1.807) is 0 Å². The second-order valence-electron chi connectivity index (χ2n) is 18.7. The maximum atomic E-state index is 7.12. The Hall–Kier alpha value is -9.16. The smallest absolute Gasteiger partial charge is 0.188 e. The second-order valence-corrected chi connectivity index (χ2v) is 22.4. The molecular formula is C66H41NO3Si. The minimum Gasteiger partial charge on any atom is -0.458 e. The van der Waals surface area contributed by atoms with Gasteiger partial charge in [-0.25, -0.2) is 0 Å². The molecule has 0 saturated heterocycles. The van der Waals surface area contributed by atoms with Gasteiger partial charge >= 0.3 is 0 Å². The van der Waals surface area contributed by atoms with Crippen LogP contribution >= 0.6 is 0 Å². The number of ether oxygens (including phenoxy) is 1. The summed E-state index contributed by atoms with van der Waals surface area (Å²) < 4.78 is 23.0. The van der Waals surface area contributed by atoms with Gasteiger partial charge in [-0.05, 0) is 79.9 Å². The molecule has 11 aromatic carbocycles. The molecule has 4 heterocycles. The van der Waals surface area contributed by atoms with Crippen LogP contribution in [0.2, 0.25) is 0 Å². The molecule has 5 heteroatoms. The van der Waals surface area contributed by atoms with E-state index in [2.05, 4.69) is 247 Å². The van der Waals surface area contributed by atoms with Crippen LogP contribution in [0.25, 0.3) is 105 Å². The van der Waals surface area contributed by atoms with Crippen molar-refractivity contribution in [3.63, 3.8) is 0 Å². The van der Waals surface area contributed by atoms with E-state index >= 15 is 0 Å². The summed E-state index contributed by atoms with van der Waals surface area (Å²) in [4.78, 5) is 0. The van der Waals surface area contributed by atoms with Crippen LogP contribution in [0, 0.1) is 0 Å². The fraction of sp³-hybridized carbons (Fsp3) is 0. The van der Waals surface area contributed by atoms with Gasteiger partial charge in [0.1, 0.15) is 33.8 Å². The topological polar surface area (TPSA) is 40.4 Å². The molecule has 3 aromatic heterocycles. The number of nitrogens with zero attached hydrogens (tertiary/aromatic N) is 1. The molecule has 0 spiro atoms. The first-order valence-corrected chi connectivity index (χ1v) is 26.2. The van der Waals surface area contributed by atoms with Crippen molar-refractivity contribution in [2.45, 2.75) is 0 Å². The van der Waals surface area contributed by atoms with Crippen LogP contribution in [0.4, 0.5) is 0 Å². The quantitative estimate of drug-likeness (QED) is 0.156. The lowest BCUT2D eigenvalue weighted by atomic mass is 10.00. The van der Waals surface area contributed by atoms with Gasteiger partial charge in [0.05, 0.1) is 11.0 Å². The molecular weight excluding hydrogens is 883 g/mol. The molecule has 4 nitrogen and oxygen atoms in total. The highest BCUT2D eigenvalue weighted by molar-refractivity contribution is 7.20. The maximum absolute atomic E-state index is 7.12. The molecule has 1 aliphatic rings. The number of hydrogen-bond acceptors (Lipinski definition) is 3. The van der Waals surface area contributed by atoms with Crippen molar-refractivity contribution in [3.05, 3.63) is 249 Å². The van der Waals surface area contributed by atoms with Gasteiger partial charge in [0, 0.05) is 54.7 Å². The summed E-state index contributed by atoms with van der Waals surface area (Å²) in [6, 6.07) is 89.9. The molecule has 14 aromatic rings. The molecule has 15 rings (SSSR count). The van der Waals surface area contributed by atoms with Gasteiger partial charge in [-0.3, -0.25) is 0 Å². The highest BCUT2D eigenvalue weighted by Crippen LogP contribution is 2.42. The molecule has 0 bridgehead atoms. The standard InChI is InChI=1S/C66H41NO3Si/c1-2-15-42(16-3-1)48-20-13-24-55-56-25-14-22-50(66(56)70-65(48)55)44-33-40-63-61(41-44)68-60-29-10-11-30-62(60)71(63,46-36-31-43(32-37-46)49-21-12-23-54-53-19-6-9-28-59(53)69-64(49)54)47-38-34-45(35-39-47)67-57-26-7-4-17-51(57)52-18-5-8-27-58(52)67/h1-41H. The van der Waals surface area contributed by atoms with Crippen LogP contribution in [-0.4, -0.2) is 12.6 Å². The third kappa shape index (κ3) is 5.84. The zero-order valence-electron chi connectivity index (χ0n) is 38.3. The second kappa shape index (κ2) is 15.4. The molecule has 0 fully saturated rings. The Balaban J connectivity index is 0.940. The fourth-order valence-corrected chi connectivity index (χ4v) is 16.7. The van der Waals surface area contributed by atoms with E-state index in [0.717, 1.165) is 94.4 Å². The molecule has 1 unspecified atom stereocenters. The Kier molecular flexibility index (Phi) is 8.64. The fourth-order valence-electron chi connectivity index (χ4n) is 11.8. The van der Waals surface area contributed by atoms with E-state index < -0.39 is 8.07 Å². The van der Waals surface area contributed by atoms with E-state index in [0.29, 0.717) is 0 Å². The Morgan fingerprint density at radius 2 is 0.789 bits per heavy atom. The van der Waals surface area contributed by atoms with Gasteiger partial charge in [-0.1, -0.05) is 206 Å². The monoisotopic (exact) mass is 923 g/mol. The molecule has 71 heavy (non-hydrogen) atoms. The summed E-state index contributed by atoms with van der Waals surface area (Å²) in [5.41, 5.74) is 13.5. The number of aromatic nitrogens is 1. The average Bonchev–Trinajstić information content (AvgIpc) is 4.13. The average molecular weight is 924 g/mol. The number of benzene rings is 11. The zero-order chi connectivity index (χ0) is 46.6. The number of rotatable bonds is 6. The van der Waals surface area contributed by atoms with Gasteiger partial charge in [0.25, 0.3) is 0 Å². The predicted octanol–water partition coefficient (Wildman–Crippen LogP) is 15.1. The summed E-state index contributed by atoms with van der Waals surface area (Å²) in [6.45, 7) is 0. The van der Waals surface area contributed by atoms with Gasteiger partial charge in [0.2, 0.25) is 0 Å². The molecule has 0 amide bonds. The summed E-state index contributed by atoms with van der Waals surface area (Å²) in [7, 11) is -3.13. The first-order chi connectivity index (χ1) is 35.2. The normalized spacial score (nSPS) is 14.4. The molecule has 1 aliphatic heterocycles. The summed E-state index contributed by atoms with van der Waals surface area (Å²) in [6.07, 6.45) is 0. The maximum Gasteiger partial charge on any atom is 0.188 e. The first kappa shape index (κ1) is 39.8.